The number of carboxylic acid groups (broad SMARTS) is 1. The first kappa shape index (κ1) is 18.2. The molecule has 2 saturated carbocycles. The van der Waals surface area contributed by atoms with Crippen LogP contribution in [0.4, 0.5) is 4.39 Å². The van der Waals surface area contributed by atoms with Gasteiger partial charge in [-0.1, -0.05) is 12.1 Å². The van der Waals surface area contributed by atoms with E-state index in [0.29, 0.717) is 35.9 Å². The van der Waals surface area contributed by atoms with E-state index < -0.39 is 5.97 Å². The molecule has 1 aromatic heterocycles. The molecular weight excluding hydrogens is 347 g/mol. The van der Waals surface area contributed by atoms with Gasteiger partial charge in [-0.2, -0.15) is 0 Å². The fourth-order valence-electron chi connectivity index (χ4n) is 3.72. The Morgan fingerprint density at radius 3 is 2.70 bits per heavy atom. The molecule has 4 rings (SSSR count). The molecule has 5 nitrogen and oxygen atoms in total. The van der Waals surface area contributed by atoms with E-state index in [-0.39, 0.29) is 12.4 Å². The van der Waals surface area contributed by atoms with Crippen LogP contribution in [0, 0.1) is 11.7 Å². The molecule has 0 atom stereocenters. The quantitative estimate of drug-likeness (QED) is 0.705. The average molecular weight is 372 g/mol. The molecule has 1 aromatic carbocycles. The number of hydrogen-bond donors (Lipinski definition) is 2. The van der Waals surface area contributed by atoms with Gasteiger partial charge in [0, 0.05) is 18.6 Å². The maximum absolute atomic E-state index is 13.8. The highest BCUT2D eigenvalue weighted by Gasteiger charge is 2.36. The van der Waals surface area contributed by atoms with Gasteiger partial charge in [0.1, 0.15) is 17.3 Å². The highest BCUT2D eigenvalue weighted by molar-refractivity contribution is 5.69. The van der Waals surface area contributed by atoms with Crippen molar-refractivity contribution in [1.82, 2.24) is 10.2 Å². The summed E-state index contributed by atoms with van der Waals surface area (Å²) in [5.74, 6) is 0.965. The second-order valence-electron chi connectivity index (χ2n) is 7.72. The molecule has 2 aromatic rings. The van der Waals surface area contributed by atoms with Crippen LogP contribution < -0.4 is 5.32 Å². The Balaban J connectivity index is 1.26. The number of hydrogen-bond acceptors (Lipinski definition) is 4. The van der Waals surface area contributed by atoms with E-state index in [1.54, 1.807) is 24.3 Å². The van der Waals surface area contributed by atoms with Crippen molar-refractivity contribution in [1.29, 1.82) is 0 Å². The van der Waals surface area contributed by atoms with Gasteiger partial charge in [0.05, 0.1) is 18.7 Å². The Hall–Kier alpha value is -2.18. The van der Waals surface area contributed by atoms with Crippen molar-refractivity contribution >= 4 is 5.97 Å². The summed E-state index contributed by atoms with van der Waals surface area (Å²) < 4.78 is 19.6. The Kier molecular flexibility index (Phi) is 5.27. The number of rotatable bonds is 9. The molecule has 0 bridgehead atoms. The van der Waals surface area contributed by atoms with Gasteiger partial charge in [-0.3, -0.25) is 9.69 Å². The molecule has 6 heteroatoms. The average Bonchev–Trinajstić information content (AvgIpc) is 3.28. The van der Waals surface area contributed by atoms with E-state index in [2.05, 4.69) is 10.2 Å². The van der Waals surface area contributed by atoms with Crippen LogP contribution in [0.3, 0.4) is 0 Å². The van der Waals surface area contributed by atoms with E-state index >= 15 is 0 Å². The number of aliphatic carboxylic acids is 1. The van der Waals surface area contributed by atoms with Crippen molar-refractivity contribution in [3.63, 3.8) is 0 Å². The number of carboxylic acids is 1. The highest BCUT2D eigenvalue weighted by atomic mass is 19.1. The van der Waals surface area contributed by atoms with Crippen molar-refractivity contribution in [2.75, 3.05) is 13.1 Å². The number of carbonyl (C=O) groups is 1. The van der Waals surface area contributed by atoms with Gasteiger partial charge in [-0.25, -0.2) is 4.39 Å². The molecule has 0 radical (unpaired) electrons. The van der Waals surface area contributed by atoms with Crippen molar-refractivity contribution in [3.05, 3.63) is 48.0 Å². The van der Waals surface area contributed by atoms with Crippen LogP contribution in [-0.2, 0) is 11.3 Å². The Labute approximate surface area is 158 Å². The third kappa shape index (κ3) is 4.57. The van der Waals surface area contributed by atoms with E-state index in [0.717, 1.165) is 25.1 Å². The number of benzene rings is 1. The van der Waals surface area contributed by atoms with Gasteiger partial charge in [0.2, 0.25) is 0 Å². The predicted molar refractivity (Wildman–Crippen MR) is 99.7 cm³/mol. The smallest absolute Gasteiger partial charge is 0.317 e. The molecule has 2 N–H and O–H groups in total. The standard InChI is InChI=1S/C21H25FN2O3/c22-19-4-2-1-3-18(19)20-8-7-17(27-20)11-23-15-9-16(10-15)24(13-21(25)26)12-14-5-6-14/h1-4,7-8,14-16,23H,5-6,9-13H2,(H,25,26). The zero-order valence-electron chi connectivity index (χ0n) is 15.2. The van der Waals surface area contributed by atoms with Crippen LogP contribution in [0.1, 0.15) is 31.4 Å². The first-order valence-corrected chi connectivity index (χ1v) is 9.61. The van der Waals surface area contributed by atoms with Gasteiger partial charge in [-0.05, 0) is 55.9 Å². The SMILES string of the molecule is O=C(O)CN(CC1CC1)C1CC(NCc2ccc(-c3ccccc3F)o2)C1. The summed E-state index contributed by atoms with van der Waals surface area (Å²) in [6.45, 7) is 1.64. The van der Waals surface area contributed by atoms with E-state index in [1.807, 2.05) is 6.07 Å². The first-order valence-electron chi connectivity index (χ1n) is 9.61. The molecule has 0 aliphatic heterocycles. The van der Waals surface area contributed by atoms with E-state index in [9.17, 15) is 9.18 Å². The minimum atomic E-state index is -0.747. The van der Waals surface area contributed by atoms with Crippen molar-refractivity contribution < 1.29 is 18.7 Å². The normalized spacial score (nSPS) is 22.0. The maximum atomic E-state index is 13.8. The summed E-state index contributed by atoms with van der Waals surface area (Å²) in [4.78, 5) is 13.2. The lowest BCUT2D eigenvalue weighted by Gasteiger charge is -2.42. The third-order valence-electron chi connectivity index (χ3n) is 5.52. The molecule has 144 valence electrons. The number of furan rings is 1. The molecule has 0 amide bonds. The number of nitrogens with zero attached hydrogens (tertiary/aromatic N) is 1. The Morgan fingerprint density at radius 1 is 1.22 bits per heavy atom. The lowest BCUT2D eigenvalue weighted by atomic mass is 9.85. The second-order valence-corrected chi connectivity index (χ2v) is 7.72. The molecule has 0 unspecified atom stereocenters. The van der Waals surface area contributed by atoms with Crippen molar-refractivity contribution in [2.24, 2.45) is 5.92 Å². The molecule has 0 spiro atoms. The summed E-state index contributed by atoms with van der Waals surface area (Å²) in [5.41, 5.74) is 0.469. The highest BCUT2D eigenvalue weighted by Crippen LogP contribution is 2.34. The Bertz CT molecular complexity index is 796. The van der Waals surface area contributed by atoms with Crippen LogP contribution >= 0.6 is 0 Å². The summed E-state index contributed by atoms with van der Waals surface area (Å²) in [7, 11) is 0. The number of halogens is 1. The molecule has 2 aliphatic rings. The topological polar surface area (TPSA) is 65.7 Å². The van der Waals surface area contributed by atoms with Crippen molar-refractivity contribution in [2.45, 2.75) is 44.3 Å². The van der Waals surface area contributed by atoms with Gasteiger partial charge in [-0.15, -0.1) is 0 Å². The van der Waals surface area contributed by atoms with Gasteiger partial charge in [0.15, 0.2) is 0 Å². The number of nitrogens with one attached hydrogen (secondary N) is 1. The monoisotopic (exact) mass is 372 g/mol. The lowest BCUT2D eigenvalue weighted by Crippen LogP contribution is -2.54. The molecule has 27 heavy (non-hydrogen) atoms. The van der Waals surface area contributed by atoms with Crippen LogP contribution in [-0.4, -0.2) is 41.1 Å². The molecule has 0 saturated heterocycles. The molecule has 1 heterocycles. The van der Waals surface area contributed by atoms with Crippen LogP contribution in [0.25, 0.3) is 11.3 Å². The van der Waals surface area contributed by atoms with Crippen LogP contribution in [0.5, 0.6) is 0 Å². The summed E-state index contributed by atoms with van der Waals surface area (Å²) >= 11 is 0. The Morgan fingerprint density at radius 2 is 2.00 bits per heavy atom. The van der Waals surface area contributed by atoms with Crippen molar-refractivity contribution in [3.8, 4) is 11.3 Å². The van der Waals surface area contributed by atoms with Crippen LogP contribution in [0.15, 0.2) is 40.8 Å². The van der Waals surface area contributed by atoms with Gasteiger partial charge >= 0.3 is 5.97 Å². The second kappa shape index (κ2) is 7.82. The third-order valence-corrected chi connectivity index (χ3v) is 5.52. The summed E-state index contributed by atoms with van der Waals surface area (Å²) in [6.07, 6.45) is 4.38. The lowest BCUT2D eigenvalue weighted by molar-refractivity contribution is -0.139. The molecular formula is C21H25FN2O3. The molecule has 2 aliphatic carbocycles. The molecule has 2 fully saturated rings. The zero-order chi connectivity index (χ0) is 18.8. The zero-order valence-corrected chi connectivity index (χ0v) is 15.2. The minimum Gasteiger partial charge on any atom is -0.480 e. The van der Waals surface area contributed by atoms with Gasteiger partial charge in [0.25, 0.3) is 0 Å². The van der Waals surface area contributed by atoms with Gasteiger partial charge < -0.3 is 14.8 Å². The van der Waals surface area contributed by atoms with E-state index in [1.165, 1.54) is 18.9 Å². The fourth-order valence-corrected chi connectivity index (χ4v) is 3.72. The minimum absolute atomic E-state index is 0.137. The van der Waals surface area contributed by atoms with Crippen LogP contribution in [0.2, 0.25) is 0 Å². The fraction of sp³-hybridized carbons (Fsp3) is 0.476. The summed E-state index contributed by atoms with van der Waals surface area (Å²) in [5, 5.41) is 12.6. The largest absolute Gasteiger partial charge is 0.480 e. The van der Waals surface area contributed by atoms with E-state index in [4.69, 9.17) is 9.52 Å². The predicted octanol–water partition coefficient (Wildman–Crippen LogP) is 3.50. The first-order chi connectivity index (χ1) is 13.1. The summed E-state index contributed by atoms with van der Waals surface area (Å²) in [6, 6.07) is 11.0. The maximum Gasteiger partial charge on any atom is 0.317 e.